The molecule has 0 unspecified atom stereocenters. The van der Waals surface area contributed by atoms with Crippen LogP contribution in [0.1, 0.15) is 5.56 Å². The molecule has 0 saturated carbocycles. The Balaban J connectivity index is 2.43. The van der Waals surface area contributed by atoms with Crippen molar-refractivity contribution in [2.45, 2.75) is 6.54 Å². The Bertz CT molecular complexity index is 531. The highest BCUT2D eigenvalue weighted by Crippen LogP contribution is 2.33. The fourth-order valence-electron chi connectivity index (χ4n) is 1.71. The van der Waals surface area contributed by atoms with Gasteiger partial charge in [-0.1, -0.05) is 0 Å². The lowest BCUT2D eigenvalue weighted by molar-refractivity contribution is 0.407. The van der Waals surface area contributed by atoms with Gasteiger partial charge in [0.15, 0.2) is 0 Å². The van der Waals surface area contributed by atoms with E-state index in [9.17, 15) is 8.78 Å². The van der Waals surface area contributed by atoms with Gasteiger partial charge in [0.2, 0.25) is 0 Å². The minimum Gasteiger partial charge on any atom is -0.497 e. The van der Waals surface area contributed by atoms with Crippen LogP contribution in [0.2, 0.25) is 0 Å². The smallest absolute Gasteiger partial charge is 0.138 e. The first-order valence-electron chi connectivity index (χ1n) is 5.41. The summed E-state index contributed by atoms with van der Waals surface area (Å²) in [5.74, 6) is -1.03. The lowest BCUT2D eigenvalue weighted by Crippen LogP contribution is -2.03. The van der Waals surface area contributed by atoms with Crippen LogP contribution >= 0.6 is 11.3 Å². The van der Waals surface area contributed by atoms with Crippen LogP contribution in [0.4, 0.5) is 8.78 Å². The van der Waals surface area contributed by atoms with E-state index in [1.165, 1.54) is 30.6 Å². The maximum Gasteiger partial charge on any atom is 0.138 e. The predicted molar refractivity (Wildman–Crippen MR) is 69.0 cm³/mol. The van der Waals surface area contributed by atoms with E-state index in [0.717, 1.165) is 5.56 Å². The number of benzene rings is 1. The highest BCUT2D eigenvalue weighted by atomic mass is 32.1. The van der Waals surface area contributed by atoms with Crippen LogP contribution < -0.4 is 10.1 Å². The third-order valence-electron chi connectivity index (χ3n) is 2.53. The molecule has 0 bridgehead atoms. The molecule has 2 nitrogen and oxygen atoms in total. The topological polar surface area (TPSA) is 21.3 Å². The highest BCUT2D eigenvalue weighted by molar-refractivity contribution is 7.13. The Morgan fingerprint density at radius 1 is 1.22 bits per heavy atom. The largest absolute Gasteiger partial charge is 0.497 e. The van der Waals surface area contributed by atoms with Gasteiger partial charge >= 0.3 is 0 Å². The van der Waals surface area contributed by atoms with Crippen molar-refractivity contribution in [1.82, 2.24) is 5.32 Å². The number of hydrogen-bond donors (Lipinski definition) is 1. The van der Waals surface area contributed by atoms with Gasteiger partial charge < -0.3 is 10.1 Å². The number of nitrogens with one attached hydrogen (secondary N) is 1. The number of thiophene rings is 1. The van der Waals surface area contributed by atoms with Crippen LogP contribution in [-0.2, 0) is 6.54 Å². The number of ether oxygens (including phenoxy) is 1. The van der Waals surface area contributed by atoms with Crippen LogP contribution in [0.3, 0.4) is 0 Å². The van der Waals surface area contributed by atoms with E-state index in [0.29, 0.717) is 11.4 Å². The maximum atomic E-state index is 13.8. The Kier molecular flexibility index (Phi) is 3.93. The summed E-state index contributed by atoms with van der Waals surface area (Å²) < 4.78 is 32.5. The van der Waals surface area contributed by atoms with Crippen molar-refractivity contribution in [3.05, 3.63) is 40.8 Å². The second-order valence-electron chi connectivity index (χ2n) is 3.82. The Labute approximate surface area is 108 Å². The van der Waals surface area contributed by atoms with Crippen molar-refractivity contribution >= 4 is 11.3 Å². The second-order valence-corrected chi connectivity index (χ2v) is 4.73. The van der Waals surface area contributed by atoms with Crippen molar-refractivity contribution in [3.8, 4) is 16.2 Å². The normalized spacial score (nSPS) is 10.7. The third-order valence-corrected chi connectivity index (χ3v) is 3.53. The molecule has 1 heterocycles. The molecule has 0 spiro atoms. The van der Waals surface area contributed by atoms with E-state index in [1.807, 2.05) is 12.4 Å². The van der Waals surface area contributed by atoms with Crippen molar-refractivity contribution < 1.29 is 13.5 Å². The Hall–Kier alpha value is -1.46. The summed E-state index contributed by atoms with van der Waals surface area (Å²) in [5.41, 5.74) is 1.01. The summed E-state index contributed by atoms with van der Waals surface area (Å²) in [5, 5.41) is 4.88. The van der Waals surface area contributed by atoms with Crippen LogP contribution in [-0.4, -0.2) is 14.2 Å². The van der Waals surface area contributed by atoms with Gasteiger partial charge in [0.1, 0.15) is 17.4 Å². The highest BCUT2D eigenvalue weighted by Gasteiger charge is 2.15. The van der Waals surface area contributed by atoms with Crippen molar-refractivity contribution in [2.24, 2.45) is 0 Å². The van der Waals surface area contributed by atoms with Crippen molar-refractivity contribution in [2.75, 3.05) is 14.2 Å². The van der Waals surface area contributed by atoms with Gasteiger partial charge in [-0.2, -0.15) is 0 Å². The molecule has 0 atom stereocenters. The average molecular weight is 269 g/mol. The standard InChI is InChI=1S/C13H13F2NOS/c1-16-6-8-3-12(18-7-8)13-10(14)4-9(17-2)5-11(13)15/h3-5,7,16H,6H2,1-2H3. The van der Waals surface area contributed by atoms with Gasteiger partial charge in [-0.05, 0) is 24.1 Å². The second kappa shape index (κ2) is 5.46. The first-order valence-corrected chi connectivity index (χ1v) is 6.29. The lowest BCUT2D eigenvalue weighted by Gasteiger charge is -2.05. The number of hydrogen-bond acceptors (Lipinski definition) is 3. The molecule has 1 aromatic carbocycles. The summed E-state index contributed by atoms with van der Waals surface area (Å²) in [6.45, 7) is 0.676. The fourth-order valence-corrected chi connectivity index (χ4v) is 2.67. The third kappa shape index (κ3) is 2.52. The molecule has 0 aliphatic heterocycles. The van der Waals surface area contributed by atoms with Crippen molar-refractivity contribution in [3.63, 3.8) is 0 Å². The SMILES string of the molecule is CNCc1csc(-c2c(F)cc(OC)cc2F)c1. The zero-order valence-electron chi connectivity index (χ0n) is 10.1. The number of methoxy groups -OCH3 is 1. The first-order chi connectivity index (χ1) is 8.65. The Morgan fingerprint density at radius 2 is 1.89 bits per heavy atom. The maximum absolute atomic E-state index is 13.8. The van der Waals surface area contributed by atoms with Crippen LogP contribution in [0.15, 0.2) is 23.6 Å². The van der Waals surface area contributed by atoms with Gasteiger partial charge in [0, 0.05) is 23.6 Å². The Morgan fingerprint density at radius 3 is 2.44 bits per heavy atom. The molecule has 18 heavy (non-hydrogen) atoms. The quantitative estimate of drug-likeness (QED) is 0.918. The van der Waals surface area contributed by atoms with E-state index >= 15 is 0 Å². The molecular weight excluding hydrogens is 256 g/mol. The summed E-state index contributed by atoms with van der Waals surface area (Å²) in [6.07, 6.45) is 0. The average Bonchev–Trinajstić information content (AvgIpc) is 2.77. The van der Waals surface area contributed by atoms with E-state index in [1.54, 1.807) is 6.07 Å². The molecule has 0 aliphatic rings. The summed E-state index contributed by atoms with van der Waals surface area (Å²) >= 11 is 1.32. The predicted octanol–water partition coefficient (Wildman–Crippen LogP) is 3.42. The van der Waals surface area contributed by atoms with Crippen molar-refractivity contribution in [1.29, 1.82) is 0 Å². The molecule has 5 heteroatoms. The molecule has 0 aliphatic carbocycles. The van der Waals surface area contributed by atoms with E-state index in [2.05, 4.69) is 5.32 Å². The molecule has 96 valence electrons. The van der Waals surface area contributed by atoms with E-state index < -0.39 is 11.6 Å². The van der Waals surface area contributed by atoms with Gasteiger partial charge in [-0.25, -0.2) is 8.78 Å². The van der Waals surface area contributed by atoms with Gasteiger partial charge in [-0.3, -0.25) is 0 Å². The zero-order valence-corrected chi connectivity index (χ0v) is 10.9. The summed E-state index contributed by atoms with van der Waals surface area (Å²) in [6, 6.07) is 4.17. The molecule has 1 aromatic heterocycles. The molecule has 2 rings (SSSR count). The molecule has 2 aromatic rings. The van der Waals surface area contributed by atoms with Crippen LogP contribution in [0.5, 0.6) is 5.75 Å². The molecule has 0 radical (unpaired) electrons. The van der Waals surface area contributed by atoms with Crippen LogP contribution in [0.25, 0.3) is 10.4 Å². The first kappa shape index (κ1) is 13.0. The number of rotatable bonds is 4. The minimum atomic E-state index is -0.607. The van der Waals surface area contributed by atoms with Gasteiger partial charge in [0.25, 0.3) is 0 Å². The molecular formula is C13H13F2NOS. The van der Waals surface area contributed by atoms with E-state index in [4.69, 9.17) is 4.74 Å². The number of halogens is 2. The van der Waals surface area contributed by atoms with Gasteiger partial charge in [0.05, 0.1) is 12.7 Å². The fraction of sp³-hybridized carbons (Fsp3) is 0.231. The van der Waals surface area contributed by atoms with Gasteiger partial charge in [-0.15, -0.1) is 11.3 Å². The molecule has 1 N–H and O–H groups in total. The molecule has 0 saturated heterocycles. The summed E-state index contributed by atoms with van der Waals surface area (Å²) in [4.78, 5) is 0.581. The minimum absolute atomic E-state index is 0.00292. The summed E-state index contributed by atoms with van der Waals surface area (Å²) in [7, 11) is 3.20. The van der Waals surface area contributed by atoms with Crippen LogP contribution in [0, 0.1) is 11.6 Å². The molecule has 0 amide bonds. The zero-order chi connectivity index (χ0) is 13.1. The molecule has 0 fully saturated rings. The monoisotopic (exact) mass is 269 g/mol. The lowest BCUT2D eigenvalue weighted by atomic mass is 10.1. The van der Waals surface area contributed by atoms with E-state index in [-0.39, 0.29) is 11.3 Å².